The number of carbonyl (C=O) groups is 1. The van der Waals surface area contributed by atoms with Gasteiger partial charge in [-0.15, -0.1) is 11.3 Å². The zero-order valence-corrected chi connectivity index (χ0v) is 13.4. The number of methoxy groups -OCH3 is 1. The largest absolute Gasteiger partial charge is 0.479 e. The van der Waals surface area contributed by atoms with E-state index in [1.807, 2.05) is 46.3 Å². The Hall–Kier alpha value is -3.13. The minimum absolute atomic E-state index is 0.0647. The maximum absolute atomic E-state index is 12.5. The Kier molecular flexibility index (Phi) is 3.51. The van der Waals surface area contributed by atoms with Gasteiger partial charge in [-0.2, -0.15) is 0 Å². The fourth-order valence-corrected chi connectivity index (χ4v) is 3.05. The first-order valence-corrected chi connectivity index (χ1v) is 7.97. The molecule has 0 bridgehead atoms. The summed E-state index contributed by atoms with van der Waals surface area (Å²) < 4.78 is 11.7. The average Bonchev–Trinajstić information content (AvgIpc) is 3.34. The first-order chi connectivity index (χ1) is 11.8. The van der Waals surface area contributed by atoms with Gasteiger partial charge in [-0.05, 0) is 28.7 Å². The number of anilines is 1. The van der Waals surface area contributed by atoms with Crippen molar-refractivity contribution in [3.8, 4) is 16.5 Å². The van der Waals surface area contributed by atoms with Gasteiger partial charge in [0.15, 0.2) is 0 Å². The predicted octanol–water partition coefficient (Wildman–Crippen LogP) is 3.31. The third-order valence-electron chi connectivity index (χ3n) is 3.44. The molecule has 0 aromatic carbocycles. The third-order valence-corrected chi connectivity index (χ3v) is 4.31. The third kappa shape index (κ3) is 2.42. The number of imidazole rings is 1. The van der Waals surface area contributed by atoms with Crippen molar-refractivity contribution < 1.29 is 14.1 Å². The van der Waals surface area contributed by atoms with E-state index in [9.17, 15) is 4.79 Å². The van der Waals surface area contributed by atoms with E-state index in [1.54, 1.807) is 11.3 Å². The Morgan fingerprint density at radius 3 is 3.00 bits per heavy atom. The molecule has 0 unspecified atom stereocenters. The highest BCUT2D eigenvalue weighted by molar-refractivity contribution is 7.13. The number of fused-ring (bicyclic) bond motifs is 1. The Morgan fingerprint density at radius 2 is 2.25 bits per heavy atom. The van der Waals surface area contributed by atoms with Crippen LogP contribution < -0.4 is 10.1 Å². The summed E-state index contributed by atoms with van der Waals surface area (Å²) >= 11 is 1.55. The Bertz CT molecular complexity index is 1000. The fraction of sp³-hybridized carbons (Fsp3) is 0.0625. The maximum atomic E-state index is 12.5. The van der Waals surface area contributed by atoms with Crippen LogP contribution in [0, 0.1) is 0 Å². The van der Waals surface area contributed by atoms with Crippen LogP contribution in [0.2, 0.25) is 0 Å². The molecule has 0 fully saturated rings. The molecule has 24 heavy (non-hydrogen) atoms. The highest BCUT2D eigenvalue weighted by Crippen LogP contribution is 2.32. The van der Waals surface area contributed by atoms with Gasteiger partial charge in [0.05, 0.1) is 18.1 Å². The van der Waals surface area contributed by atoms with Gasteiger partial charge in [-0.1, -0.05) is 12.1 Å². The minimum atomic E-state index is -0.422. The molecule has 7 nitrogen and oxygen atoms in total. The van der Waals surface area contributed by atoms with Gasteiger partial charge >= 0.3 is 0 Å². The van der Waals surface area contributed by atoms with E-state index >= 15 is 0 Å². The lowest BCUT2D eigenvalue weighted by molar-refractivity contribution is 0.0987. The molecule has 4 aromatic heterocycles. The molecule has 0 saturated heterocycles. The zero-order valence-electron chi connectivity index (χ0n) is 12.6. The number of pyridine rings is 1. The summed E-state index contributed by atoms with van der Waals surface area (Å²) in [7, 11) is 1.46. The molecule has 4 aromatic rings. The number of aromatic nitrogens is 3. The molecule has 4 heterocycles. The van der Waals surface area contributed by atoms with E-state index in [1.165, 1.54) is 13.2 Å². The molecule has 1 N–H and O–H groups in total. The quantitative estimate of drug-likeness (QED) is 0.616. The summed E-state index contributed by atoms with van der Waals surface area (Å²) in [6.45, 7) is 0. The van der Waals surface area contributed by atoms with Gasteiger partial charge in [-0.3, -0.25) is 9.20 Å². The number of ether oxygens (including phenoxy) is 1. The molecule has 1 amide bonds. The van der Waals surface area contributed by atoms with Crippen molar-refractivity contribution in [2.24, 2.45) is 0 Å². The summed E-state index contributed by atoms with van der Waals surface area (Å²) in [5, 5.41) is 8.46. The molecule has 0 spiro atoms. The van der Waals surface area contributed by atoms with Crippen LogP contribution in [0.1, 0.15) is 10.6 Å². The first-order valence-electron chi connectivity index (χ1n) is 7.09. The van der Waals surface area contributed by atoms with Gasteiger partial charge in [0, 0.05) is 6.20 Å². The van der Waals surface area contributed by atoms with Gasteiger partial charge in [0.2, 0.25) is 5.76 Å². The Morgan fingerprint density at radius 1 is 1.33 bits per heavy atom. The number of thiophene rings is 1. The van der Waals surface area contributed by atoms with Crippen molar-refractivity contribution in [1.29, 1.82) is 0 Å². The van der Waals surface area contributed by atoms with E-state index in [-0.39, 0.29) is 11.6 Å². The van der Waals surface area contributed by atoms with Crippen LogP contribution in [0.15, 0.2) is 52.5 Å². The topological polar surface area (TPSA) is 81.7 Å². The maximum Gasteiger partial charge on any atom is 0.295 e. The standard InChI is InChI=1S/C16H12N4O3S/c1-22-13-9-10(23-19-13)16(21)18-15-14(11-5-4-8-24-11)17-12-6-2-3-7-20(12)15/h2-9H,1H3,(H,18,21). The second kappa shape index (κ2) is 5.82. The fourth-order valence-electron chi connectivity index (χ4n) is 2.33. The second-order valence-electron chi connectivity index (χ2n) is 4.90. The molecule has 120 valence electrons. The van der Waals surface area contributed by atoms with Crippen LogP contribution in [0.4, 0.5) is 5.82 Å². The summed E-state index contributed by atoms with van der Waals surface area (Å²) in [6, 6.07) is 11.0. The lowest BCUT2D eigenvalue weighted by Crippen LogP contribution is -2.13. The van der Waals surface area contributed by atoms with Crippen molar-refractivity contribution in [1.82, 2.24) is 14.5 Å². The highest BCUT2D eigenvalue weighted by atomic mass is 32.1. The van der Waals surface area contributed by atoms with E-state index in [0.29, 0.717) is 11.5 Å². The van der Waals surface area contributed by atoms with Crippen molar-refractivity contribution in [3.63, 3.8) is 0 Å². The van der Waals surface area contributed by atoms with Crippen LogP contribution >= 0.6 is 11.3 Å². The van der Waals surface area contributed by atoms with Gasteiger partial charge < -0.3 is 14.6 Å². The lowest BCUT2D eigenvalue weighted by Gasteiger charge is -2.04. The van der Waals surface area contributed by atoms with Crippen molar-refractivity contribution in [2.45, 2.75) is 0 Å². The predicted molar refractivity (Wildman–Crippen MR) is 89.5 cm³/mol. The van der Waals surface area contributed by atoms with Crippen LogP contribution in [0.25, 0.3) is 16.2 Å². The van der Waals surface area contributed by atoms with E-state index in [0.717, 1.165) is 10.5 Å². The SMILES string of the molecule is COc1cc(C(=O)Nc2c(-c3cccs3)nc3ccccn23)on1. The summed E-state index contributed by atoms with van der Waals surface area (Å²) in [6.07, 6.45) is 1.84. The zero-order chi connectivity index (χ0) is 16.5. The first kappa shape index (κ1) is 14.5. The van der Waals surface area contributed by atoms with Crippen LogP contribution in [0.3, 0.4) is 0 Å². The van der Waals surface area contributed by atoms with E-state index < -0.39 is 5.91 Å². The minimum Gasteiger partial charge on any atom is -0.479 e. The van der Waals surface area contributed by atoms with Crippen molar-refractivity contribution in [3.05, 3.63) is 53.7 Å². The number of hydrogen-bond acceptors (Lipinski definition) is 6. The van der Waals surface area contributed by atoms with E-state index in [2.05, 4.69) is 15.5 Å². The molecule has 0 aliphatic carbocycles. The second-order valence-corrected chi connectivity index (χ2v) is 5.85. The number of carbonyl (C=O) groups excluding carboxylic acids is 1. The molecule has 0 atom stereocenters. The van der Waals surface area contributed by atoms with Crippen molar-refractivity contribution >= 4 is 28.7 Å². The number of nitrogens with zero attached hydrogens (tertiary/aromatic N) is 3. The van der Waals surface area contributed by atoms with Gasteiger partial charge in [0.1, 0.15) is 17.2 Å². The smallest absolute Gasteiger partial charge is 0.295 e. The Balaban J connectivity index is 1.77. The molecule has 4 rings (SSSR count). The normalized spacial score (nSPS) is 10.9. The van der Waals surface area contributed by atoms with Crippen LogP contribution in [-0.4, -0.2) is 27.6 Å². The van der Waals surface area contributed by atoms with Gasteiger partial charge in [0.25, 0.3) is 11.8 Å². The number of nitrogens with one attached hydrogen (secondary N) is 1. The average molecular weight is 340 g/mol. The van der Waals surface area contributed by atoms with E-state index in [4.69, 9.17) is 9.26 Å². The summed E-state index contributed by atoms with van der Waals surface area (Å²) in [5.74, 6) is 0.467. The molecule has 0 aliphatic rings. The number of hydrogen-bond donors (Lipinski definition) is 1. The Labute approximate surface area is 140 Å². The van der Waals surface area contributed by atoms with Crippen LogP contribution in [-0.2, 0) is 0 Å². The molecular formula is C16H12N4O3S. The molecule has 8 heteroatoms. The van der Waals surface area contributed by atoms with Crippen LogP contribution in [0.5, 0.6) is 5.88 Å². The van der Waals surface area contributed by atoms with Crippen molar-refractivity contribution in [2.75, 3.05) is 12.4 Å². The van der Waals surface area contributed by atoms with Gasteiger partial charge in [-0.25, -0.2) is 4.98 Å². The summed E-state index contributed by atoms with van der Waals surface area (Å²) in [4.78, 5) is 18.0. The molecule has 0 saturated carbocycles. The highest BCUT2D eigenvalue weighted by Gasteiger charge is 2.20. The monoisotopic (exact) mass is 340 g/mol. The lowest BCUT2D eigenvalue weighted by atomic mass is 10.3. The molecule has 0 radical (unpaired) electrons. The summed E-state index contributed by atoms with van der Waals surface area (Å²) in [5.41, 5.74) is 1.45. The number of rotatable bonds is 4. The number of amides is 1. The molecule has 0 aliphatic heterocycles. The molecular weight excluding hydrogens is 328 g/mol.